The van der Waals surface area contributed by atoms with Crippen LogP contribution < -0.4 is 10.3 Å². The molecule has 0 spiro atoms. The molecule has 0 bridgehead atoms. The molecule has 4 nitrogen and oxygen atoms in total. The van der Waals surface area contributed by atoms with E-state index in [2.05, 4.69) is 4.90 Å². The molecule has 1 aromatic carbocycles. The van der Waals surface area contributed by atoms with E-state index >= 15 is 0 Å². The van der Waals surface area contributed by atoms with Gasteiger partial charge in [0.05, 0.1) is 6.61 Å². The van der Waals surface area contributed by atoms with Crippen LogP contribution in [0.25, 0.3) is 11.1 Å². The van der Waals surface area contributed by atoms with Crippen LogP contribution in [0, 0.1) is 0 Å². The van der Waals surface area contributed by atoms with E-state index in [1.807, 2.05) is 30.3 Å². The van der Waals surface area contributed by atoms with Gasteiger partial charge in [-0.25, -0.2) is 0 Å². The molecule has 0 saturated carbocycles. The van der Waals surface area contributed by atoms with Crippen molar-refractivity contribution in [2.75, 3.05) is 26.2 Å². The number of ether oxygens (including phenoxy) is 1. The average molecular weight is 326 g/mol. The Bertz CT molecular complexity index is 700. The van der Waals surface area contributed by atoms with Crippen molar-refractivity contribution in [1.29, 1.82) is 0 Å². The number of rotatable bonds is 6. The first kappa shape index (κ1) is 16.8. The summed E-state index contributed by atoms with van der Waals surface area (Å²) in [4.78, 5) is 14.3. The molecule has 24 heavy (non-hydrogen) atoms. The van der Waals surface area contributed by atoms with Gasteiger partial charge >= 0.3 is 0 Å². The van der Waals surface area contributed by atoms with Gasteiger partial charge in [0, 0.05) is 25.9 Å². The molecule has 0 unspecified atom stereocenters. The monoisotopic (exact) mass is 326 g/mol. The van der Waals surface area contributed by atoms with E-state index in [0.29, 0.717) is 0 Å². The predicted octanol–water partition coefficient (Wildman–Crippen LogP) is 3.31. The summed E-state index contributed by atoms with van der Waals surface area (Å²) in [5.74, 6) is 0.890. The summed E-state index contributed by atoms with van der Waals surface area (Å²) in [5, 5.41) is 0. The third-order valence-corrected chi connectivity index (χ3v) is 4.63. The van der Waals surface area contributed by atoms with Crippen molar-refractivity contribution in [3.8, 4) is 16.9 Å². The first-order valence-corrected chi connectivity index (χ1v) is 8.85. The predicted molar refractivity (Wildman–Crippen MR) is 97.5 cm³/mol. The van der Waals surface area contributed by atoms with E-state index < -0.39 is 0 Å². The molecule has 3 rings (SSSR count). The van der Waals surface area contributed by atoms with E-state index in [0.717, 1.165) is 36.4 Å². The van der Waals surface area contributed by atoms with Crippen LogP contribution in [0.2, 0.25) is 0 Å². The number of aromatic nitrogens is 1. The summed E-state index contributed by atoms with van der Waals surface area (Å²) in [5.41, 5.74) is 1.98. The summed E-state index contributed by atoms with van der Waals surface area (Å²) < 4.78 is 7.41. The highest BCUT2D eigenvalue weighted by Crippen LogP contribution is 2.21. The molecule has 0 radical (unpaired) electrons. The van der Waals surface area contributed by atoms with Crippen molar-refractivity contribution < 1.29 is 4.74 Å². The normalized spacial score (nSPS) is 15.4. The number of aryl methyl sites for hydroxylation is 1. The van der Waals surface area contributed by atoms with E-state index in [-0.39, 0.29) is 5.56 Å². The molecule has 1 aromatic heterocycles. The zero-order valence-corrected chi connectivity index (χ0v) is 14.4. The maximum Gasteiger partial charge on any atom is 0.250 e. The van der Waals surface area contributed by atoms with Gasteiger partial charge in [0.15, 0.2) is 0 Å². The van der Waals surface area contributed by atoms with Crippen molar-refractivity contribution >= 4 is 0 Å². The Morgan fingerprint density at radius 3 is 2.46 bits per heavy atom. The lowest BCUT2D eigenvalue weighted by Gasteiger charge is -2.26. The zero-order valence-electron chi connectivity index (χ0n) is 14.4. The van der Waals surface area contributed by atoms with Crippen LogP contribution in [0.15, 0.2) is 47.4 Å². The molecule has 1 saturated heterocycles. The first-order chi connectivity index (χ1) is 11.7. The van der Waals surface area contributed by atoms with Gasteiger partial charge in [0.2, 0.25) is 0 Å². The van der Waals surface area contributed by atoms with Crippen molar-refractivity contribution in [3.05, 3.63) is 52.9 Å². The summed E-state index contributed by atoms with van der Waals surface area (Å²) in [6, 6.07) is 11.6. The Morgan fingerprint density at radius 2 is 1.75 bits per heavy atom. The fraction of sp³-hybridized carbons (Fsp3) is 0.450. The highest BCUT2D eigenvalue weighted by Gasteiger charge is 2.09. The molecule has 4 heteroatoms. The van der Waals surface area contributed by atoms with Gasteiger partial charge in [0.25, 0.3) is 5.56 Å². The number of piperidine rings is 1. The molecule has 2 heterocycles. The van der Waals surface area contributed by atoms with Crippen LogP contribution in [0.1, 0.15) is 25.7 Å². The van der Waals surface area contributed by atoms with E-state index in [4.69, 9.17) is 4.74 Å². The number of pyridine rings is 1. The molecular weight excluding hydrogens is 300 g/mol. The second kappa shape index (κ2) is 8.15. The summed E-state index contributed by atoms with van der Waals surface area (Å²) >= 11 is 0. The van der Waals surface area contributed by atoms with Crippen molar-refractivity contribution in [3.63, 3.8) is 0 Å². The quantitative estimate of drug-likeness (QED) is 0.764. The number of likely N-dealkylation sites (tertiary alicyclic amines) is 1. The molecule has 128 valence electrons. The summed E-state index contributed by atoms with van der Waals surface area (Å²) in [6.45, 7) is 4.36. The van der Waals surface area contributed by atoms with Crippen LogP contribution in [-0.4, -0.2) is 35.7 Å². The van der Waals surface area contributed by atoms with Gasteiger partial charge in [-0.1, -0.05) is 18.6 Å². The number of benzene rings is 1. The minimum Gasteiger partial charge on any atom is -0.494 e. The molecule has 0 amide bonds. The van der Waals surface area contributed by atoms with Crippen molar-refractivity contribution in [1.82, 2.24) is 9.47 Å². The Hall–Kier alpha value is -2.07. The Labute approximate surface area is 143 Å². The molecule has 0 N–H and O–H groups in total. The van der Waals surface area contributed by atoms with E-state index in [1.165, 1.54) is 32.4 Å². The van der Waals surface area contributed by atoms with Gasteiger partial charge in [-0.3, -0.25) is 4.79 Å². The molecule has 0 aliphatic carbocycles. The molecule has 1 aliphatic heterocycles. The van der Waals surface area contributed by atoms with Gasteiger partial charge in [0.1, 0.15) is 5.75 Å². The second-order valence-electron chi connectivity index (χ2n) is 6.49. The number of hydrogen-bond acceptors (Lipinski definition) is 3. The lowest BCUT2D eigenvalue weighted by molar-refractivity contribution is 0.205. The SMILES string of the molecule is Cn1ccc(-c2ccc(OCCCN3CCCCC3)cc2)cc1=O. The van der Waals surface area contributed by atoms with Crippen LogP contribution >= 0.6 is 0 Å². The summed E-state index contributed by atoms with van der Waals surface area (Å²) in [6.07, 6.45) is 6.92. The highest BCUT2D eigenvalue weighted by molar-refractivity contribution is 5.63. The van der Waals surface area contributed by atoms with Gasteiger partial charge in [-0.15, -0.1) is 0 Å². The molecule has 1 fully saturated rings. The second-order valence-corrected chi connectivity index (χ2v) is 6.49. The molecule has 0 atom stereocenters. The molecule has 2 aromatic rings. The third kappa shape index (κ3) is 4.48. The minimum atomic E-state index is 0.00513. The van der Waals surface area contributed by atoms with Crippen LogP contribution in [-0.2, 0) is 7.05 Å². The molecular formula is C20H26N2O2. The zero-order chi connectivity index (χ0) is 16.8. The maximum absolute atomic E-state index is 11.7. The van der Waals surface area contributed by atoms with Gasteiger partial charge < -0.3 is 14.2 Å². The van der Waals surface area contributed by atoms with E-state index in [1.54, 1.807) is 23.9 Å². The van der Waals surface area contributed by atoms with Crippen molar-refractivity contribution in [2.45, 2.75) is 25.7 Å². The fourth-order valence-electron chi connectivity index (χ4n) is 3.13. The van der Waals surface area contributed by atoms with E-state index in [9.17, 15) is 4.79 Å². The minimum absolute atomic E-state index is 0.00513. The lowest BCUT2D eigenvalue weighted by Crippen LogP contribution is -2.31. The standard InChI is InChI=1S/C20H26N2O2/c1-21-14-10-18(16-20(21)23)17-6-8-19(9-7-17)24-15-5-13-22-11-3-2-4-12-22/h6-10,14,16H,2-5,11-13,15H2,1H3. The lowest BCUT2D eigenvalue weighted by atomic mass is 10.1. The van der Waals surface area contributed by atoms with Crippen LogP contribution in [0.5, 0.6) is 5.75 Å². The fourth-order valence-corrected chi connectivity index (χ4v) is 3.13. The van der Waals surface area contributed by atoms with Gasteiger partial charge in [-0.05, 0) is 61.7 Å². The molecule has 1 aliphatic rings. The van der Waals surface area contributed by atoms with Crippen LogP contribution in [0.3, 0.4) is 0 Å². The van der Waals surface area contributed by atoms with Crippen molar-refractivity contribution in [2.24, 2.45) is 7.05 Å². The summed E-state index contributed by atoms with van der Waals surface area (Å²) in [7, 11) is 1.76. The Balaban J connectivity index is 1.49. The maximum atomic E-state index is 11.7. The highest BCUT2D eigenvalue weighted by atomic mass is 16.5. The topological polar surface area (TPSA) is 34.5 Å². The number of hydrogen-bond donors (Lipinski definition) is 0. The van der Waals surface area contributed by atoms with Gasteiger partial charge in [-0.2, -0.15) is 0 Å². The smallest absolute Gasteiger partial charge is 0.250 e. The first-order valence-electron chi connectivity index (χ1n) is 8.85. The average Bonchev–Trinajstić information content (AvgIpc) is 2.62. The van der Waals surface area contributed by atoms with Crippen LogP contribution in [0.4, 0.5) is 0 Å². The third-order valence-electron chi connectivity index (χ3n) is 4.63. The Kier molecular flexibility index (Phi) is 5.70. The Morgan fingerprint density at radius 1 is 1.00 bits per heavy atom. The number of nitrogens with zero attached hydrogens (tertiary/aromatic N) is 2. The largest absolute Gasteiger partial charge is 0.494 e.